The highest BCUT2D eigenvalue weighted by Crippen LogP contribution is 2.26. The molecule has 0 bridgehead atoms. The molecule has 0 heterocycles. The Hall–Kier alpha value is -0.420. The Morgan fingerprint density at radius 2 is 2.05 bits per heavy atom. The molecule has 0 spiro atoms. The van der Waals surface area contributed by atoms with Crippen LogP contribution in [0.4, 0.5) is 0 Å². The van der Waals surface area contributed by atoms with Gasteiger partial charge in [-0.15, -0.1) is 24.2 Å². The molecule has 0 aliphatic carbocycles. The van der Waals surface area contributed by atoms with Crippen LogP contribution in [0.25, 0.3) is 0 Å². The third-order valence-electron chi connectivity index (χ3n) is 3.32. The highest BCUT2D eigenvalue weighted by Gasteiger charge is 2.28. The quantitative estimate of drug-likeness (QED) is 0.783. The summed E-state index contributed by atoms with van der Waals surface area (Å²) in [5.41, 5.74) is 5.38. The van der Waals surface area contributed by atoms with Crippen LogP contribution in [0, 0.1) is 5.92 Å². The fraction of sp³-hybridized carbons (Fsp3) is 0.500. The molecule has 1 rings (SSSR count). The second kappa shape index (κ2) is 8.78. The molecule has 1 aromatic carbocycles. The number of nitrogens with one attached hydrogen (secondary N) is 1. The molecule has 1 atom stereocenters. The second-order valence-electron chi connectivity index (χ2n) is 5.04. The lowest BCUT2D eigenvalue weighted by atomic mass is 9.88. The smallest absolute Gasteiger partial charge is 0.230 e. The largest absolute Gasteiger partial charge is 0.349 e. The van der Waals surface area contributed by atoms with Crippen molar-refractivity contribution in [2.45, 2.75) is 31.2 Å². The number of hydrogen-bond donors (Lipinski definition) is 2. The van der Waals surface area contributed by atoms with Gasteiger partial charge >= 0.3 is 0 Å². The first kappa shape index (κ1) is 19.6. The van der Waals surface area contributed by atoms with E-state index in [2.05, 4.69) is 5.32 Å². The van der Waals surface area contributed by atoms with Crippen LogP contribution in [-0.4, -0.2) is 23.7 Å². The monoisotopic (exact) mass is 336 g/mol. The molecule has 0 saturated carbocycles. The highest BCUT2D eigenvalue weighted by molar-refractivity contribution is 8.00. The van der Waals surface area contributed by atoms with Gasteiger partial charge in [-0.25, -0.2) is 0 Å². The summed E-state index contributed by atoms with van der Waals surface area (Å²) in [5.74, 6) is 0.602. The second-order valence-corrected chi connectivity index (χ2v) is 6.47. The van der Waals surface area contributed by atoms with Gasteiger partial charge in [-0.3, -0.25) is 4.79 Å². The topological polar surface area (TPSA) is 55.1 Å². The van der Waals surface area contributed by atoms with E-state index in [9.17, 15) is 4.79 Å². The Bertz CT molecular complexity index is 443. The average molecular weight is 337 g/mol. The molecule has 0 aromatic heterocycles. The van der Waals surface area contributed by atoms with Crippen molar-refractivity contribution in [2.24, 2.45) is 11.7 Å². The van der Waals surface area contributed by atoms with E-state index >= 15 is 0 Å². The van der Waals surface area contributed by atoms with Crippen molar-refractivity contribution in [2.75, 3.05) is 12.3 Å². The van der Waals surface area contributed by atoms with E-state index in [4.69, 9.17) is 17.3 Å². The van der Waals surface area contributed by atoms with Crippen LogP contribution in [0.2, 0.25) is 5.02 Å². The first-order chi connectivity index (χ1) is 8.89. The minimum atomic E-state index is -0.363. The molecule has 20 heavy (non-hydrogen) atoms. The minimum absolute atomic E-state index is 0. The summed E-state index contributed by atoms with van der Waals surface area (Å²) in [7, 11) is 0. The third kappa shape index (κ3) is 5.52. The summed E-state index contributed by atoms with van der Waals surface area (Å²) < 4.78 is 0. The van der Waals surface area contributed by atoms with Gasteiger partial charge in [0.1, 0.15) is 0 Å². The zero-order chi connectivity index (χ0) is 14.5. The number of thioether (sulfide) groups is 1. The van der Waals surface area contributed by atoms with Crippen molar-refractivity contribution in [3.05, 3.63) is 29.3 Å². The molecule has 0 aliphatic rings. The molecule has 1 unspecified atom stereocenters. The standard InChI is InChI=1S/C14H21ClN2OS.ClH/c1-10(2)14(3,9-16)17-13(18)8-19-12-7-5-4-6-11(12)15;/h4-7,10H,8-9,16H2,1-3H3,(H,17,18);1H. The van der Waals surface area contributed by atoms with Crippen molar-refractivity contribution in [1.29, 1.82) is 0 Å². The van der Waals surface area contributed by atoms with Crippen LogP contribution in [0.3, 0.4) is 0 Å². The van der Waals surface area contributed by atoms with Gasteiger partial charge in [0.25, 0.3) is 0 Å². The van der Waals surface area contributed by atoms with Crippen LogP contribution in [0.5, 0.6) is 0 Å². The zero-order valence-corrected chi connectivity index (χ0v) is 14.4. The lowest BCUT2D eigenvalue weighted by molar-refractivity contribution is -0.120. The fourth-order valence-electron chi connectivity index (χ4n) is 1.49. The number of rotatable bonds is 6. The van der Waals surface area contributed by atoms with Gasteiger partial charge in [0.05, 0.1) is 16.3 Å². The molecule has 0 fully saturated rings. The maximum absolute atomic E-state index is 12.0. The van der Waals surface area contributed by atoms with Gasteiger partial charge < -0.3 is 11.1 Å². The number of hydrogen-bond acceptors (Lipinski definition) is 3. The summed E-state index contributed by atoms with van der Waals surface area (Å²) in [6.45, 7) is 6.49. The van der Waals surface area contributed by atoms with E-state index in [1.165, 1.54) is 11.8 Å². The molecule has 0 aliphatic heterocycles. The lowest BCUT2D eigenvalue weighted by Gasteiger charge is -2.33. The van der Waals surface area contributed by atoms with Gasteiger partial charge in [0.15, 0.2) is 0 Å². The molecular weight excluding hydrogens is 315 g/mol. The molecule has 0 radical (unpaired) electrons. The zero-order valence-electron chi connectivity index (χ0n) is 12.0. The van der Waals surface area contributed by atoms with Crippen LogP contribution in [0.1, 0.15) is 20.8 Å². The molecule has 3 N–H and O–H groups in total. The van der Waals surface area contributed by atoms with Gasteiger partial charge in [-0.2, -0.15) is 0 Å². The summed E-state index contributed by atoms with van der Waals surface area (Å²) >= 11 is 7.48. The van der Waals surface area contributed by atoms with Gasteiger partial charge in [-0.1, -0.05) is 37.6 Å². The molecular formula is C14H22Cl2N2OS. The summed E-state index contributed by atoms with van der Waals surface area (Å²) in [6.07, 6.45) is 0. The lowest BCUT2D eigenvalue weighted by Crippen LogP contribution is -2.55. The first-order valence-corrected chi connectivity index (χ1v) is 7.64. The SMILES string of the molecule is CC(C)C(C)(CN)NC(=O)CSc1ccccc1Cl.Cl. The molecule has 0 saturated heterocycles. The summed E-state index contributed by atoms with van der Waals surface area (Å²) in [6, 6.07) is 7.51. The van der Waals surface area contributed by atoms with E-state index in [0.29, 0.717) is 17.3 Å². The summed E-state index contributed by atoms with van der Waals surface area (Å²) in [5, 5.41) is 3.68. The Labute approximate surface area is 136 Å². The predicted octanol–water partition coefficient (Wildman–Crippen LogP) is 3.34. The number of halogens is 2. The molecule has 1 amide bonds. The maximum atomic E-state index is 12.0. The number of amides is 1. The van der Waals surface area contributed by atoms with E-state index in [1.807, 2.05) is 45.0 Å². The van der Waals surface area contributed by atoms with Crippen molar-refractivity contribution in [1.82, 2.24) is 5.32 Å². The Balaban J connectivity index is 0.00000361. The van der Waals surface area contributed by atoms with Gasteiger partial charge in [-0.05, 0) is 25.0 Å². The van der Waals surface area contributed by atoms with E-state index in [1.54, 1.807) is 0 Å². The maximum Gasteiger partial charge on any atom is 0.230 e. The fourth-order valence-corrected chi connectivity index (χ4v) is 2.53. The van der Waals surface area contributed by atoms with Crippen molar-refractivity contribution in [3.63, 3.8) is 0 Å². The third-order valence-corrected chi connectivity index (χ3v) is 4.83. The van der Waals surface area contributed by atoms with Gasteiger partial charge in [0.2, 0.25) is 5.91 Å². The van der Waals surface area contributed by atoms with Crippen molar-refractivity contribution in [3.8, 4) is 0 Å². The Morgan fingerprint density at radius 1 is 1.45 bits per heavy atom. The van der Waals surface area contributed by atoms with E-state index < -0.39 is 0 Å². The first-order valence-electron chi connectivity index (χ1n) is 6.27. The number of carbonyl (C=O) groups is 1. The van der Waals surface area contributed by atoms with E-state index in [-0.39, 0.29) is 29.8 Å². The minimum Gasteiger partial charge on any atom is -0.349 e. The number of carbonyl (C=O) groups excluding carboxylic acids is 1. The van der Waals surface area contributed by atoms with E-state index in [0.717, 1.165) is 4.90 Å². The van der Waals surface area contributed by atoms with Crippen LogP contribution >= 0.6 is 35.8 Å². The average Bonchev–Trinajstić information content (AvgIpc) is 2.37. The molecule has 114 valence electrons. The summed E-state index contributed by atoms with van der Waals surface area (Å²) in [4.78, 5) is 12.9. The van der Waals surface area contributed by atoms with Crippen molar-refractivity contribution >= 4 is 41.7 Å². The van der Waals surface area contributed by atoms with Gasteiger partial charge in [0, 0.05) is 11.4 Å². The van der Waals surface area contributed by atoms with Crippen LogP contribution in [-0.2, 0) is 4.79 Å². The Kier molecular flexibility index (Phi) is 8.59. The highest BCUT2D eigenvalue weighted by atomic mass is 35.5. The predicted molar refractivity (Wildman–Crippen MR) is 89.9 cm³/mol. The molecule has 3 nitrogen and oxygen atoms in total. The van der Waals surface area contributed by atoms with Crippen LogP contribution in [0.15, 0.2) is 29.2 Å². The normalized spacial score (nSPS) is 13.5. The number of benzene rings is 1. The van der Waals surface area contributed by atoms with Crippen molar-refractivity contribution < 1.29 is 4.79 Å². The Morgan fingerprint density at radius 3 is 2.55 bits per heavy atom. The molecule has 1 aromatic rings. The molecule has 6 heteroatoms. The number of nitrogens with two attached hydrogens (primary N) is 1. The van der Waals surface area contributed by atoms with Crippen LogP contribution < -0.4 is 11.1 Å².